The summed E-state index contributed by atoms with van der Waals surface area (Å²) in [6.45, 7) is 4.81. The number of aliphatic imine (C=N–C) groups is 1. The molecular formula is C28H34N4OS2. The van der Waals surface area contributed by atoms with E-state index >= 15 is 0 Å². The second-order valence-corrected chi connectivity index (χ2v) is 9.95. The average molecular weight is 507 g/mol. The Balaban J connectivity index is 0.000000919. The van der Waals surface area contributed by atoms with Gasteiger partial charge in [-0.15, -0.1) is 11.8 Å². The van der Waals surface area contributed by atoms with Crippen LogP contribution in [0.4, 0.5) is 17.1 Å². The van der Waals surface area contributed by atoms with Crippen LogP contribution in [0.1, 0.15) is 28.7 Å². The number of benzene rings is 3. The molecule has 7 heteroatoms. The molecule has 35 heavy (non-hydrogen) atoms. The van der Waals surface area contributed by atoms with Crippen molar-refractivity contribution in [3.8, 4) is 0 Å². The summed E-state index contributed by atoms with van der Waals surface area (Å²) in [5.74, 6) is 0.580. The number of H-pyrrole nitrogens is 1. The number of thioether (sulfide) groups is 2. The number of fused-ring (bicyclic) bond motifs is 2. The van der Waals surface area contributed by atoms with E-state index in [1.807, 2.05) is 65.9 Å². The summed E-state index contributed by atoms with van der Waals surface area (Å²) in [7, 11) is 0. The molecule has 0 bridgehead atoms. The number of anilines is 2. The Morgan fingerprint density at radius 1 is 1.11 bits per heavy atom. The molecule has 1 amide bonds. The highest BCUT2D eigenvalue weighted by Gasteiger charge is 2.25. The van der Waals surface area contributed by atoms with Crippen molar-refractivity contribution >= 4 is 62.6 Å². The summed E-state index contributed by atoms with van der Waals surface area (Å²) < 4.78 is 0. The van der Waals surface area contributed by atoms with Gasteiger partial charge in [0.1, 0.15) is 0 Å². The van der Waals surface area contributed by atoms with E-state index in [9.17, 15) is 4.79 Å². The molecule has 1 aromatic heterocycles. The van der Waals surface area contributed by atoms with Gasteiger partial charge in [-0.3, -0.25) is 4.79 Å². The summed E-state index contributed by atoms with van der Waals surface area (Å²) in [6, 6.07) is 24.4. The van der Waals surface area contributed by atoms with Gasteiger partial charge in [-0.25, -0.2) is 4.99 Å². The largest absolute Gasteiger partial charge is 0.361 e. The molecule has 4 aromatic rings. The molecule has 3 aromatic carbocycles. The third-order valence-electron chi connectivity index (χ3n) is 5.30. The van der Waals surface area contributed by atoms with E-state index in [0.717, 1.165) is 38.2 Å². The molecule has 1 aliphatic rings. The van der Waals surface area contributed by atoms with E-state index in [1.54, 1.807) is 23.5 Å². The molecule has 2 N–H and O–H groups in total. The normalized spacial score (nSPS) is 13.3. The highest BCUT2D eigenvalue weighted by atomic mass is 32.2. The van der Waals surface area contributed by atoms with Gasteiger partial charge >= 0.3 is 0 Å². The maximum atomic E-state index is 12.7. The van der Waals surface area contributed by atoms with E-state index in [4.69, 9.17) is 4.99 Å². The van der Waals surface area contributed by atoms with Crippen molar-refractivity contribution in [3.63, 3.8) is 0 Å². The Morgan fingerprint density at radius 2 is 1.91 bits per heavy atom. The number of aromatic nitrogens is 1. The zero-order valence-corrected chi connectivity index (χ0v) is 21.9. The number of nitrogens with one attached hydrogen (secondary N) is 2. The second-order valence-electron chi connectivity index (χ2n) is 8.14. The first kappa shape index (κ1) is 24.9. The number of rotatable bonds is 4. The van der Waals surface area contributed by atoms with Gasteiger partial charge in [0.25, 0.3) is 0 Å². The van der Waals surface area contributed by atoms with E-state index in [-0.39, 0.29) is 8.76 Å². The van der Waals surface area contributed by atoms with Gasteiger partial charge in [-0.2, -0.15) is 0 Å². The minimum Gasteiger partial charge on any atom is -0.361 e. The van der Waals surface area contributed by atoms with Crippen LogP contribution in [0, 0.1) is 0 Å². The zero-order chi connectivity index (χ0) is 24.6. The number of carbonyl (C=O) groups excluding carboxylic acids is 1. The summed E-state index contributed by atoms with van der Waals surface area (Å²) in [6.07, 6.45) is 5.18. The third-order valence-corrected chi connectivity index (χ3v) is 6.93. The molecule has 0 fully saturated rings. The monoisotopic (exact) mass is 506 g/mol. The van der Waals surface area contributed by atoms with Crippen molar-refractivity contribution in [2.24, 2.45) is 4.99 Å². The first-order chi connectivity index (χ1) is 17.1. The quantitative estimate of drug-likeness (QED) is 0.216. The lowest BCUT2D eigenvalue weighted by Gasteiger charge is -2.29. The fourth-order valence-corrected chi connectivity index (χ4v) is 5.02. The van der Waals surface area contributed by atoms with Gasteiger partial charge in [0.05, 0.1) is 23.7 Å². The van der Waals surface area contributed by atoms with E-state index in [0.29, 0.717) is 12.3 Å². The molecular weight excluding hydrogens is 472 g/mol. The van der Waals surface area contributed by atoms with Crippen LogP contribution in [0.15, 0.2) is 88.9 Å². The van der Waals surface area contributed by atoms with Crippen molar-refractivity contribution in [2.45, 2.75) is 31.7 Å². The van der Waals surface area contributed by atoms with Gasteiger partial charge < -0.3 is 15.2 Å². The highest BCUT2D eigenvalue weighted by molar-refractivity contribution is 8.13. The minimum atomic E-state index is 0. The number of nitrogens with zero attached hydrogens (tertiary/aromatic N) is 2. The van der Waals surface area contributed by atoms with Crippen LogP contribution in [-0.4, -0.2) is 28.1 Å². The number of amidine groups is 1. The van der Waals surface area contributed by atoms with Gasteiger partial charge in [-0.05, 0) is 53.6 Å². The first-order valence-corrected chi connectivity index (χ1v) is 13.9. The van der Waals surface area contributed by atoms with Crippen molar-refractivity contribution in [2.75, 3.05) is 22.2 Å². The Labute approximate surface area is 218 Å². The smallest absolute Gasteiger partial charge is 0.237 e. The number of hydrogen-bond acceptors (Lipinski definition) is 4. The van der Waals surface area contributed by atoms with Crippen molar-refractivity contribution in [1.82, 2.24) is 4.98 Å². The third kappa shape index (κ3) is 6.29. The zero-order valence-electron chi connectivity index (χ0n) is 20.2. The molecule has 1 aliphatic heterocycles. The van der Waals surface area contributed by atoms with Crippen LogP contribution in [0.25, 0.3) is 10.9 Å². The molecule has 0 atom stereocenters. The SMILES string of the molecule is CCC.CSC(=Nc1ccc2c(c1)N(Cc1ccccc1)C(=O)CS2)Nc1ccc2cc[nH]c2c1.[HH].[HH]. The lowest BCUT2D eigenvalue weighted by atomic mass is 10.2. The summed E-state index contributed by atoms with van der Waals surface area (Å²) in [4.78, 5) is 23.8. The lowest BCUT2D eigenvalue weighted by molar-refractivity contribution is -0.116. The molecule has 0 spiro atoms. The molecule has 0 aliphatic carbocycles. The average Bonchev–Trinajstić information content (AvgIpc) is 3.34. The molecule has 0 radical (unpaired) electrons. The minimum absolute atomic E-state index is 0. The Kier molecular flexibility index (Phi) is 8.55. The number of carbonyl (C=O) groups is 1. The van der Waals surface area contributed by atoms with Gasteiger partial charge in [0, 0.05) is 25.1 Å². The van der Waals surface area contributed by atoms with Crippen LogP contribution in [-0.2, 0) is 11.3 Å². The second kappa shape index (κ2) is 12.0. The topological polar surface area (TPSA) is 60.5 Å². The van der Waals surface area contributed by atoms with E-state index < -0.39 is 0 Å². The maximum absolute atomic E-state index is 12.7. The summed E-state index contributed by atoms with van der Waals surface area (Å²) >= 11 is 3.14. The Bertz CT molecular complexity index is 1330. The number of amides is 1. The van der Waals surface area contributed by atoms with E-state index in [2.05, 4.69) is 48.4 Å². The Morgan fingerprint density at radius 3 is 2.69 bits per heavy atom. The van der Waals surface area contributed by atoms with Crippen molar-refractivity contribution in [1.29, 1.82) is 0 Å². The van der Waals surface area contributed by atoms with Gasteiger partial charge in [-0.1, -0.05) is 68.4 Å². The molecule has 0 saturated heterocycles. The highest BCUT2D eigenvalue weighted by Crippen LogP contribution is 2.39. The number of aromatic amines is 1. The summed E-state index contributed by atoms with van der Waals surface area (Å²) in [5, 5.41) is 5.37. The molecule has 5 rings (SSSR count). The lowest BCUT2D eigenvalue weighted by Crippen LogP contribution is -2.34. The molecule has 184 valence electrons. The van der Waals surface area contributed by atoms with Crippen molar-refractivity contribution < 1.29 is 7.65 Å². The van der Waals surface area contributed by atoms with E-state index in [1.165, 1.54) is 11.8 Å². The number of hydrogen-bond donors (Lipinski definition) is 2. The van der Waals surface area contributed by atoms with Crippen LogP contribution in [0.2, 0.25) is 0 Å². The molecule has 0 saturated carbocycles. The Hall–Kier alpha value is -3.16. The van der Waals surface area contributed by atoms with Crippen LogP contribution < -0.4 is 10.2 Å². The molecule has 2 heterocycles. The standard InChI is InChI=1S/C25H22N4OS2.C3H8.2H2/c1-31-25(27-19-8-7-18-11-12-26-21(18)13-19)28-20-9-10-23-22(14-20)29(24(30)16-32-23)15-17-5-3-2-4-6-17;1-3-2;;/h2-14,26H,15-16H2,1H3,(H,27,28);3H2,1-2H3;2*1H. The fourth-order valence-electron chi connectivity index (χ4n) is 3.69. The van der Waals surface area contributed by atoms with Crippen molar-refractivity contribution in [3.05, 3.63) is 84.6 Å². The first-order valence-electron chi connectivity index (χ1n) is 11.7. The molecule has 0 unspecified atom stereocenters. The predicted molar refractivity (Wildman–Crippen MR) is 158 cm³/mol. The fraction of sp³-hybridized carbons (Fsp3) is 0.214. The van der Waals surface area contributed by atoms with Crippen LogP contribution in [0.3, 0.4) is 0 Å². The molecule has 5 nitrogen and oxygen atoms in total. The van der Waals surface area contributed by atoms with Crippen LogP contribution >= 0.6 is 23.5 Å². The van der Waals surface area contributed by atoms with Gasteiger partial charge in [0.15, 0.2) is 5.17 Å². The van der Waals surface area contributed by atoms with Gasteiger partial charge in [0.2, 0.25) is 5.91 Å². The summed E-state index contributed by atoms with van der Waals surface area (Å²) in [5.41, 5.74) is 4.90. The maximum Gasteiger partial charge on any atom is 0.237 e. The predicted octanol–water partition coefficient (Wildman–Crippen LogP) is 8.18. The van der Waals surface area contributed by atoms with Crippen LogP contribution in [0.5, 0.6) is 0 Å².